The first-order valence-corrected chi connectivity index (χ1v) is 9.31. The molecule has 6 heteroatoms. The van der Waals surface area contributed by atoms with Crippen molar-refractivity contribution in [2.45, 2.75) is 6.92 Å². The molecule has 3 aromatic rings. The maximum Gasteiger partial charge on any atom is 0.277 e. The van der Waals surface area contributed by atoms with Gasteiger partial charge in [-0.15, -0.1) is 0 Å². The lowest BCUT2D eigenvalue weighted by molar-refractivity contribution is -0.123. The lowest BCUT2D eigenvalue weighted by Crippen LogP contribution is -2.24. The number of ether oxygens (including phenoxy) is 2. The number of benzene rings is 3. The first-order chi connectivity index (χ1) is 13.2. The predicted molar refractivity (Wildman–Crippen MR) is 110 cm³/mol. The zero-order valence-electron chi connectivity index (χ0n) is 14.8. The third-order valence-electron chi connectivity index (χ3n) is 3.78. The van der Waals surface area contributed by atoms with Crippen molar-refractivity contribution in [2.24, 2.45) is 5.10 Å². The first-order valence-electron chi connectivity index (χ1n) is 8.52. The van der Waals surface area contributed by atoms with Crippen LogP contribution in [-0.2, 0) is 4.79 Å². The third-order valence-corrected chi connectivity index (χ3v) is 4.60. The summed E-state index contributed by atoms with van der Waals surface area (Å²) in [5, 5.41) is 6.07. The number of halogens is 1. The molecule has 1 N–H and O–H groups in total. The van der Waals surface area contributed by atoms with Crippen molar-refractivity contribution < 1.29 is 14.3 Å². The SMILES string of the molecule is CCOc1ccc(/C=N/NC(=O)COc2ccc3ccccc3c2Br)cc1. The molecule has 0 heterocycles. The Bertz CT molecular complexity index is 955. The van der Waals surface area contributed by atoms with E-state index in [0.29, 0.717) is 12.4 Å². The number of nitrogens with one attached hydrogen (secondary N) is 1. The van der Waals surface area contributed by atoms with E-state index in [4.69, 9.17) is 9.47 Å². The van der Waals surface area contributed by atoms with Gasteiger partial charge in [0.15, 0.2) is 6.61 Å². The van der Waals surface area contributed by atoms with Crippen LogP contribution in [0.4, 0.5) is 0 Å². The van der Waals surface area contributed by atoms with E-state index in [1.54, 1.807) is 6.21 Å². The Kier molecular flexibility index (Phi) is 6.44. The molecule has 0 bridgehead atoms. The highest BCUT2D eigenvalue weighted by molar-refractivity contribution is 9.10. The number of hydrogen-bond donors (Lipinski definition) is 1. The lowest BCUT2D eigenvalue weighted by Gasteiger charge is -2.09. The Morgan fingerprint density at radius 2 is 1.85 bits per heavy atom. The number of nitrogens with zero attached hydrogens (tertiary/aromatic N) is 1. The van der Waals surface area contributed by atoms with Crippen LogP contribution in [0.15, 0.2) is 70.2 Å². The zero-order chi connectivity index (χ0) is 19.1. The Hall–Kier alpha value is -2.86. The van der Waals surface area contributed by atoms with Crippen LogP contribution in [0.1, 0.15) is 12.5 Å². The molecule has 27 heavy (non-hydrogen) atoms. The summed E-state index contributed by atoms with van der Waals surface area (Å²) in [4.78, 5) is 11.9. The van der Waals surface area contributed by atoms with E-state index in [9.17, 15) is 4.79 Å². The molecular formula is C21H19BrN2O3. The summed E-state index contributed by atoms with van der Waals surface area (Å²) in [5.74, 6) is 1.07. The van der Waals surface area contributed by atoms with Gasteiger partial charge < -0.3 is 9.47 Å². The van der Waals surface area contributed by atoms with Crippen LogP contribution in [-0.4, -0.2) is 25.3 Å². The molecule has 3 aromatic carbocycles. The summed E-state index contributed by atoms with van der Waals surface area (Å²) in [6, 6.07) is 19.2. The van der Waals surface area contributed by atoms with Crippen LogP contribution >= 0.6 is 15.9 Å². The van der Waals surface area contributed by atoms with Crippen molar-refractivity contribution in [3.05, 3.63) is 70.7 Å². The second-order valence-electron chi connectivity index (χ2n) is 5.68. The van der Waals surface area contributed by atoms with Crippen molar-refractivity contribution in [3.63, 3.8) is 0 Å². The van der Waals surface area contributed by atoms with Crippen LogP contribution in [0.5, 0.6) is 11.5 Å². The number of hydrazone groups is 1. The molecule has 0 aliphatic carbocycles. The maximum atomic E-state index is 11.9. The highest BCUT2D eigenvalue weighted by atomic mass is 79.9. The molecule has 3 rings (SSSR count). The maximum absolute atomic E-state index is 11.9. The largest absolute Gasteiger partial charge is 0.494 e. The van der Waals surface area contributed by atoms with E-state index in [-0.39, 0.29) is 12.5 Å². The van der Waals surface area contributed by atoms with E-state index in [0.717, 1.165) is 26.6 Å². The van der Waals surface area contributed by atoms with E-state index < -0.39 is 0 Å². The summed E-state index contributed by atoms with van der Waals surface area (Å²) in [6.45, 7) is 2.43. The van der Waals surface area contributed by atoms with Gasteiger partial charge >= 0.3 is 0 Å². The smallest absolute Gasteiger partial charge is 0.277 e. The number of carbonyl (C=O) groups is 1. The molecule has 0 unspecified atom stereocenters. The molecule has 0 saturated heterocycles. The summed E-state index contributed by atoms with van der Waals surface area (Å²) in [5.41, 5.74) is 3.32. The number of hydrogen-bond acceptors (Lipinski definition) is 4. The van der Waals surface area contributed by atoms with Crippen molar-refractivity contribution in [1.82, 2.24) is 5.43 Å². The van der Waals surface area contributed by atoms with Crippen LogP contribution in [0.25, 0.3) is 10.8 Å². The minimum absolute atomic E-state index is 0.127. The van der Waals surface area contributed by atoms with Gasteiger partial charge in [0.2, 0.25) is 0 Å². The van der Waals surface area contributed by atoms with E-state index in [2.05, 4.69) is 26.5 Å². The fraction of sp³-hybridized carbons (Fsp3) is 0.143. The fourth-order valence-corrected chi connectivity index (χ4v) is 3.10. The van der Waals surface area contributed by atoms with Gasteiger partial charge in [-0.05, 0) is 69.5 Å². The molecule has 0 aromatic heterocycles. The molecule has 0 saturated carbocycles. The predicted octanol–water partition coefficient (Wildman–Crippen LogP) is 4.53. The summed E-state index contributed by atoms with van der Waals surface area (Å²) in [6.07, 6.45) is 1.57. The van der Waals surface area contributed by atoms with E-state index in [1.165, 1.54) is 0 Å². The van der Waals surface area contributed by atoms with Crippen molar-refractivity contribution >= 4 is 38.8 Å². The highest BCUT2D eigenvalue weighted by Gasteiger charge is 2.08. The number of rotatable bonds is 7. The molecule has 0 aliphatic rings. The monoisotopic (exact) mass is 426 g/mol. The minimum Gasteiger partial charge on any atom is -0.494 e. The Morgan fingerprint density at radius 1 is 1.07 bits per heavy atom. The molecule has 5 nitrogen and oxygen atoms in total. The Labute approximate surface area is 166 Å². The standard InChI is InChI=1S/C21H19BrN2O3/c1-2-26-17-10-7-15(8-11-17)13-23-24-20(25)14-27-19-12-9-16-5-3-4-6-18(16)21(19)22/h3-13H,2,14H2,1H3,(H,24,25)/b23-13+. The van der Waals surface area contributed by atoms with Crippen LogP contribution in [0, 0.1) is 0 Å². The molecular weight excluding hydrogens is 408 g/mol. The molecule has 0 fully saturated rings. The van der Waals surface area contributed by atoms with Gasteiger partial charge in [0.1, 0.15) is 11.5 Å². The minimum atomic E-state index is -0.336. The molecule has 0 radical (unpaired) electrons. The molecule has 138 valence electrons. The van der Waals surface area contributed by atoms with Crippen molar-refractivity contribution in [2.75, 3.05) is 13.2 Å². The van der Waals surface area contributed by atoms with Crippen molar-refractivity contribution in [3.8, 4) is 11.5 Å². The second kappa shape index (κ2) is 9.19. The normalized spacial score (nSPS) is 10.9. The van der Waals surface area contributed by atoms with Gasteiger partial charge in [-0.25, -0.2) is 5.43 Å². The highest BCUT2D eigenvalue weighted by Crippen LogP contribution is 2.32. The lowest BCUT2D eigenvalue weighted by atomic mass is 10.1. The number of amides is 1. The van der Waals surface area contributed by atoms with Gasteiger partial charge in [0, 0.05) is 0 Å². The van der Waals surface area contributed by atoms with Gasteiger partial charge in [-0.1, -0.05) is 30.3 Å². The zero-order valence-corrected chi connectivity index (χ0v) is 16.4. The molecule has 0 atom stereocenters. The summed E-state index contributed by atoms with van der Waals surface area (Å²) in [7, 11) is 0. The van der Waals surface area contributed by atoms with Crippen LogP contribution in [0.3, 0.4) is 0 Å². The first kappa shape index (κ1) is 18.9. The Morgan fingerprint density at radius 3 is 2.63 bits per heavy atom. The average Bonchev–Trinajstić information content (AvgIpc) is 2.69. The topological polar surface area (TPSA) is 59.9 Å². The molecule has 1 amide bonds. The van der Waals surface area contributed by atoms with Crippen LogP contribution in [0.2, 0.25) is 0 Å². The Balaban J connectivity index is 1.53. The second-order valence-corrected chi connectivity index (χ2v) is 6.48. The third kappa shape index (κ3) is 5.08. The summed E-state index contributed by atoms with van der Waals surface area (Å²) >= 11 is 3.54. The average molecular weight is 427 g/mol. The quantitative estimate of drug-likeness (QED) is 0.445. The van der Waals surface area contributed by atoms with E-state index >= 15 is 0 Å². The van der Waals surface area contributed by atoms with Crippen LogP contribution < -0.4 is 14.9 Å². The van der Waals surface area contributed by atoms with Crippen molar-refractivity contribution in [1.29, 1.82) is 0 Å². The van der Waals surface area contributed by atoms with E-state index in [1.807, 2.05) is 67.6 Å². The molecule has 0 aliphatic heterocycles. The fourth-order valence-electron chi connectivity index (χ4n) is 2.50. The number of fused-ring (bicyclic) bond motifs is 1. The summed E-state index contributed by atoms with van der Waals surface area (Å²) < 4.78 is 11.8. The van der Waals surface area contributed by atoms with Gasteiger partial charge in [-0.2, -0.15) is 5.10 Å². The number of carbonyl (C=O) groups excluding carboxylic acids is 1. The van der Waals surface area contributed by atoms with Gasteiger partial charge in [-0.3, -0.25) is 4.79 Å². The van der Waals surface area contributed by atoms with Gasteiger partial charge in [0.25, 0.3) is 5.91 Å². The van der Waals surface area contributed by atoms with Gasteiger partial charge in [0.05, 0.1) is 17.3 Å². The molecule has 0 spiro atoms.